The number of aryl methyl sites for hydroxylation is 2. The Labute approximate surface area is 446 Å². The second kappa shape index (κ2) is 26.8. The summed E-state index contributed by atoms with van der Waals surface area (Å²) in [5, 5.41) is 11.6. The minimum Gasteiger partial charge on any atom is -0.383 e. The van der Waals surface area contributed by atoms with E-state index in [0.29, 0.717) is 62.8 Å². The molecule has 2 aromatic rings. The van der Waals surface area contributed by atoms with Crippen LogP contribution in [0.4, 0.5) is 5.69 Å². The van der Waals surface area contributed by atoms with E-state index in [9.17, 15) is 33.6 Å². The molecule has 5 N–H and O–H groups in total. The highest BCUT2D eigenvalue weighted by molar-refractivity contribution is 6.20. The summed E-state index contributed by atoms with van der Waals surface area (Å²) in [5.41, 5.74) is 7.43. The van der Waals surface area contributed by atoms with Crippen LogP contribution in [0.1, 0.15) is 70.9 Å². The van der Waals surface area contributed by atoms with E-state index in [1.54, 1.807) is 6.08 Å². The number of rotatable bonds is 23. The number of hydrogen-bond acceptors (Lipinski definition) is 14. The van der Waals surface area contributed by atoms with Crippen LogP contribution in [0.15, 0.2) is 90.0 Å². The highest BCUT2D eigenvalue weighted by atomic mass is 16.5. The van der Waals surface area contributed by atoms with Gasteiger partial charge in [-0.3, -0.25) is 63.4 Å². The number of nitrogens with zero attached hydrogens (tertiary/aromatic N) is 6. The highest BCUT2D eigenvalue weighted by Gasteiger charge is 2.43. The lowest BCUT2D eigenvalue weighted by Crippen LogP contribution is -2.54. The number of benzene rings is 1. The lowest BCUT2D eigenvalue weighted by Gasteiger charge is -2.37. The number of nitrogens with one attached hydrogen (secondary N) is 5. The van der Waals surface area contributed by atoms with Crippen LogP contribution >= 0.6 is 0 Å². The molecule has 76 heavy (non-hydrogen) atoms. The zero-order valence-corrected chi connectivity index (χ0v) is 44.9. The molecule has 1 aromatic carbocycles. The summed E-state index contributed by atoms with van der Waals surface area (Å²) in [6.07, 6.45) is 10.3. The van der Waals surface area contributed by atoms with E-state index in [0.717, 1.165) is 122 Å². The maximum atomic E-state index is 14.0. The van der Waals surface area contributed by atoms with E-state index in [1.165, 1.54) is 12.2 Å². The van der Waals surface area contributed by atoms with Crippen molar-refractivity contribution in [3.63, 3.8) is 0 Å². The van der Waals surface area contributed by atoms with Crippen LogP contribution in [0, 0.1) is 20.8 Å². The minimum atomic E-state index is -1.02. The van der Waals surface area contributed by atoms with Crippen molar-refractivity contribution in [2.24, 2.45) is 0 Å². The summed E-state index contributed by atoms with van der Waals surface area (Å²) in [6.45, 7) is 32.7. The van der Waals surface area contributed by atoms with Crippen molar-refractivity contribution in [2.75, 3.05) is 116 Å². The van der Waals surface area contributed by atoms with Crippen LogP contribution in [-0.2, 0) is 35.3 Å². The minimum absolute atomic E-state index is 0.0107. The molecule has 0 bridgehead atoms. The van der Waals surface area contributed by atoms with Gasteiger partial charge >= 0.3 is 0 Å². The van der Waals surface area contributed by atoms with Crippen molar-refractivity contribution in [1.29, 1.82) is 0 Å². The number of carbonyl (C=O) groups excluding carboxylic acids is 6. The predicted molar refractivity (Wildman–Crippen MR) is 294 cm³/mol. The molecular formula is C57H77N11O8. The van der Waals surface area contributed by atoms with Gasteiger partial charge in [-0.25, -0.2) is 0 Å². The van der Waals surface area contributed by atoms with E-state index in [-0.39, 0.29) is 48.4 Å². The molecule has 6 heterocycles. The van der Waals surface area contributed by atoms with Crippen LogP contribution in [0.25, 0.3) is 5.57 Å². The van der Waals surface area contributed by atoms with Gasteiger partial charge in [0.05, 0.1) is 12.1 Å². The number of anilines is 1. The van der Waals surface area contributed by atoms with Crippen molar-refractivity contribution in [3.8, 4) is 0 Å². The normalized spacial score (nSPS) is 19.7. The van der Waals surface area contributed by atoms with Gasteiger partial charge in [-0.15, -0.1) is 0 Å². The topological polar surface area (TPSA) is 212 Å². The average Bonchev–Trinajstić information content (AvgIpc) is 3.69. The third-order valence-corrected chi connectivity index (χ3v) is 15.0. The number of piperidine rings is 1. The first-order valence-corrected chi connectivity index (χ1v) is 26.7. The Balaban J connectivity index is 0.812. The van der Waals surface area contributed by atoms with Gasteiger partial charge in [0.15, 0.2) is 0 Å². The molecule has 19 heteroatoms. The molecule has 0 radical (unpaired) electrons. The molecule has 1 aromatic heterocycles. The van der Waals surface area contributed by atoms with Crippen LogP contribution in [-0.4, -0.2) is 188 Å². The quantitative estimate of drug-likeness (QED) is 0.0801. The largest absolute Gasteiger partial charge is 0.383 e. The van der Waals surface area contributed by atoms with E-state index < -0.39 is 29.7 Å². The highest BCUT2D eigenvalue weighted by Crippen LogP contribution is 2.33. The van der Waals surface area contributed by atoms with Crippen molar-refractivity contribution in [1.82, 2.24) is 50.8 Å². The first kappa shape index (κ1) is 56.9. The average molecular weight is 1040 g/mol. The number of aromatic nitrogens is 1. The van der Waals surface area contributed by atoms with E-state index in [2.05, 4.69) is 83.5 Å². The number of piperazine rings is 2. The molecule has 1 atom stereocenters. The third kappa shape index (κ3) is 14.8. The van der Waals surface area contributed by atoms with Gasteiger partial charge in [0.25, 0.3) is 23.3 Å². The molecule has 5 aliphatic heterocycles. The molecule has 7 rings (SSSR count). The first-order chi connectivity index (χ1) is 36.5. The van der Waals surface area contributed by atoms with Crippen LogP contribution < -0.4 is 31.7 Å². The molecule has 4 fully saturated rings. The van der Waals surface area contributed by atoms with Crippen LogP contribution in [0.2, 0.25) is 0 Å². The van der Waals surface area contributed by atoms with Gasteiger partial charge in [-0.05, 0) is 99.1 Å². The SMILES string of the molecule is C=C/C=C(/NCCN1CCN(CCNC(=O)CN2CCN(CC(=C)/C=C\C(=C)c3cc(C(=O)NCc4c(C)cc(C)[nH]c4=O)c(C)c(N(CC)C4CCOCC4)c3)CC2)CC1)C1=CC(=O)N(C2CCC(=O)NC2=O)C1=O. The van der Waals surface area contributed by atoms with Gasteiger partial charge in [0.1, 0.15) is 6.04 Å². The van der Waals surface area contributed by atoms with Crippen LogP contribution in [0.5, 0.6) is 0 Å². The van der Waals surface area contributed by atoms with Crippen molar-refractivity contribution in [3.05, 3.63) is 129 Å². The number of amides is 6. The Morgan fingerprint density at radius 3 is 2.09 bits per heavy atom. The van der Waals surface area contributed by atoms with Gasteiger partial charge in [-0.1, -0.05) is 38.0 Å². The summed E-state index contributed by atoms with van der Waals surface area (Å²) in [7, 11) is 0. The monoisotopic (exact) mass is 1040 g/mol. The number of aromatic amines is 1. The Morgan fingerprint density at radius 2 is 1.46 bits per heavy atom. The molecule has 5 aliphatic rings. The predicted octanol–water partition coefficient (Wildman–Crippen LogP) is 2.47. The number of ether oxygens (including phenoxy) is 1. The van der Waals surface area contributed by atoms with E-state index in [1.807, 2.05) is 45.1 Å². The molecular weight excluding hydrogens is 967 g/mol. The van der Waals surface area contributed by atoms with Gasteiger partial charge in [0, 0.05) is 158 Å². The van der Waals surface area contributed by atoms with Crippen molar-refractivity contribution in [2.45, 2.75) is 72.0 Å². The Morgan fingerprint density at radius 1 is 0.816 bits per heavy atom. The number of pyridine rings is 1. The Bertz CT molecular complexity index is 2700. The lowest BCUT2D eigenvalue weighted by molar-refractivity contribution is -0.149. The summed E-state index contributed by atoms with van der Waals surface area (Å²) >= 11 is 0. The lowest BCUT2D eigenvalue weighted by atomic mass is 9.95. The molecule has 408 valence electrons. The number of allylic oxidation sites excluding steroid dienone is 4. The van der Waals surface area contributed by atoms with Gasteiger partial charge in [0.2, 0.25) is 17.7 Å². The van der Waals surface area contributed by atoms with Gasteiger partial charge in [-0.2, -0.15) is 0 Å². The van der Waals surface area contributed by atoms with E-state index in [4.69, 9.17) is 4.74 Å². The summed E-state index contributed by atoms with van der Waals surface area (Å²) in [4.78, 5) is 105. The molecule has 4 saturated heterocycles. The first-order valence-electron chi connectivity index (χ1n) is 26.7. The number of imide groups is 2. The maximum Gasteiger partial charge on any atom is 0.263 e. The van der Waals surface area contributed by atoms with Crippen molar-refractivity contribution >= 4 is 46.7 Å². The number of hydrogen-bond donors (Lipinski definition) is 5. The van der Waals surface area contributed by atoms with E-state index >= 15 is 0 Å². The molecule has 0 spiro atoms. The standard InChI is InChI=1S/C57H77N11O8/c1-8-10-48(46-34-53(71)68(57(46)75)49-13-14-51(69)62-56(49)74)58-17-19-63-21-23-64(24-22-63)20-18-59-52(70)37-66-27-25-65(26-28-66)36-38(3)11-12-39(4)43-32-45(54(72)60-35-47-40(5)31-41(6)61-55(47)73)42(7)50(33-43)67(9-2)44-15-29-76-30-16-44/h8,10-12,31-34,44,49,58H,1,3-4,9,13-30,35-37H2,2,5-7H3,(H,59,70)(H,60,72)(H,61,73)(H,62,69,74)/b12-11-,48-10+. The molecule has 0 aliphatic carbocycles. The zero-order valence-electron chi connectivity index (χ0n) is 44.9. The Hall–Kier alpha value is -6.77. The van der Waals surface area contributed by atoms with Crippen LogP contribution in [0.3, 0.4) is 0 Å². The fourth-order valence-electron chi connectivity index (χ4n) is 10.6. The molecule has 6 amide bonds. The third-order valence-electron chi connectivity index (χ3n) is 15.0. The fourth-order valence-corrected chi connectivity index (χ4v) is 10.6. The smallest absolute Gasteiger partial charge is 0.263 e. The number of carbonyl (C=O) groups is 6. The molecule has 0 saturated carbocycles. The fraction of sp³-hybridized carbons (Fsp3) is 0.491. The zero-order chi connectivity index (χ0) is 54.5. The summed E-state index contributed by atoms with van der Waals surface area (Å²) < 4.78 is 5.69. The summed E-state index contributed by atoms with van der Waals surface area (Å²) in [5.74, 6) is -2.48. The second-order valence-corrected chi connectivity index (χ2v) is 20.3. The Kier molecular flexibility index (Phi) is 20.1. The maximum absolute atomic E-state index is 14.0. The number of H-pyrrole nitrogens is 1. The molecule has 1 unspecified atom stereocenters. The van der Waals surface area contributed by atoms with Gasteiger partial charge < -0.3 is 30.6 Å². The second-order valence-electron chi connectivity index (χ2n) is 20.3. The molecule has 19 nitrogen and oxygen atoms in total. The van der Waals surface area contributed by atoms with Crippen molar-refractivity contribution < 1.29 is 33.5 Å². The summed E-state index contributed by atoms with van der Waals surface area (Å²) in [6, 6.07) is 5.18.